The Labute approximate surface area is 180 Å². The van der Waals surface area contributed by atoms with Crippen LogP contribution in [-0.4, -0.2) is 56.4 Å². The number of halogens is 2. The van der Waals surface area contributed by atoms with Gasteiger partial charge in [-0.3, -0.25) is 0 Å². The average Bonchev–Trinajstić information content (AvgIpc) is 2.73. The first kappa shape index (κ1) is 23.0. The number of piperazine rings is 1. The van der Waals surface area contributed by atoms with E-state index >= 15 is 0 Å². The summed E-state index contributed by atoms with van der Waals surface area (Å²) in [4.78, 5) is 14.3. The number of carbonyl (C=O) groups excluding carboxylic acids is 1. The first-order chi connectivity index (χ1) is 14.7. The lowest BCUT2D eigenvalue weighted by Gasteiger charge is -2.34. The highest BCUT2D eigenvalue weighted by Gasteiger charge is 2.31. The molecule has 0 spiro atoms. The van der Waals surface area contributed by atoms with Gasteiger partial charge in [0.25, 0.3) is 0 Å². The predicted molar refractivity (Wildman–Crippen MR) is 112 cm³/mol. The molecule has 168 valence electrons. The van der Waals surface area contributed by atoms with Crippen LogP contribution >= 0.6 is 0 Å². The molecule has 0 atom stereocenters. The first-order valence-corrected chi connectivity index (χ1v) is 11.2. The second-order valence-electron chi connectivity index (χ2n) is 7.34. The smallest absolute Gasteiger partial charge is 0.387 e. The van der Waals surface area contributed by atoms with Gasteiger partial charge >= 0.3 is 12.6 Å². The number of aryl methyl sites for hydroxylation is 2. The van der Waals surface area contributed by atoms with Gasteiger partial charge in [0.15, 0.2) is 0 Å². The van der Waals surface area contributed by atoms with Crippen molar-refractivity contribution in [3.05, 3.63) is 59.2 Å². The van der Waals surface area contributed by atoms with Crippen LogP contribution in [0.5, 0.6) is 5.75 Å². The van der Waals surface area contributed by atoms with Gasteiger partial charge in [-0.25, -0.2) is 13.2 Å². The van der Waals surface area contributed by atoms with Crippen LogP contribution in [0.2, 0.25) is 0 Å². The molecule has 0 bridgehead atoms. The molecule has 0 radical (unpaired) electrons. The van der Waals surface area contributed by atoms with Crippen LogP contribution < -0.4 is 10.1 Å². The fourth-order valence-electron chi connectivity index (χ4n) is 3.38. The Bertz CT molecular complexity index is 1040. The molecule has 31 heavy (non-hydrogen) atoms. The van der Waals surface area contributed by atoms with Gasteiger partial charge in [-0.1, -0.05) is 24.3 Å². The number of urea groups is 1. The maximum absolute atomic E-state index is 13.0. The second-order valence-corrected chi connectivity index (χ2v) is 9.25. The Morgan fingerprint density at radius 3 is 2.48 bits per heavy atom. The van der Waals surface area contributed by atoms with E-state index in [4.69, 9.17) is 0 Å². The van der Waals surface area contributed by atoms with Crippen molar-refractivity contribution < 1.29 is 26.7 Å². The fraction of sp³-hybridized carbons (Fsp3) is 0.381. The number of alkyl halides is 2. The summed E-state index contributed by atoms with van der Waals surface area (Å²) in [5.41, 5.74) is 2.16. The summed E-state index contributed by atoms with van der Waals surface area (Å²) >= 11 is 0. The highest BCUT2D eigenvalue weighted by Crippen LogP contribution is 2.22. The molecule has 7 nitrogen and oxygen atoms in total. The van der Waals surface area contributed by atoms with E-state index in [1.54, 1.807) is 31.2 Å². The number of sulfonamides is 1. The monoisotopic (exact) mass is 453 g/mol. The lowest BCUT2D eigenvalue weighted by molar-refractivity contribution is -0.0498. The summed E-state index contributed by atoms with van der Waals surface area (Å²) in [6.45, 7) is 1.73. The number of nitrogens with zero attached hydrogens (tertiary/aromatic N) is 2. The molecule has 1 fully saturated rings. The molecule has 2 aromatic rings. The van der Waals surface area contributed by atoms with Gasteiger partial charge in [0, 0.05) is 32.7 Å². The Balaban J connectivity index is 1.56. The molecule has 0 aliphatic carbocycles. The lowest BCUT2D eigenvalue weighted by Crippen LogP contribution is -2.53. The van der Waals surface area contributed by atoms with Gasteiger partial charge in [-0.2, -0.15) is 13.1 Å². The van der Waals surface area contributed by atoms with Gasteiger partial charge in [-0.15, -0.1) is 0 Å². The van der Waals surface area contributed by atoms with Gasteiger partial charge in [0.05, 0.1) is 4.90 Å². The normalized spacial score (nSPS) is 15.2. The highest BCUT2D eigenvalue weighted by atomic mass is 32.2. The van der Waals surface area contributed by atoms with Crippen molar-refractivity contribution in [2.75, 3.05) is 26.2 Å². The van der Waals surface area contributed by atoms with Crippen molar-refractivity contribution in [2.24, 2.45) is 0 Å². The van der Waals surface area contributed by atoms with Crippen molar-refractivity contribution in [3.8, 4) is 5.75 Å². The standard InChI is InChI=1S/C21H25F2N3O4S/c1-15-6-7-16(2)19(12-15)31(28,29)26-10-8-25(9-11-26)21(27)24-14-17-4-3-5-18(13-17)30-20(22)23/h3-7,12-13,20H,8-11,14H2,1-2H3,(H,24,27). The maximum atomic E-state index is 13.0. The Morgan fingerprint density at radius 2 is 1.81 bits per heavy atom. The molecule has 2 amide bonds. The number of hydrogen-bond acceptors (Lipinski definition) is 4. The lowest BCUT2D eigenvalue weighted by atomic mass is 10.2. The molecule has 1 heterocycles. The maximum Gasteiger partial charge on any atom is 0.387 e. The summed E-state index contributed by atoms with van der Waals surface area (Å²) in [6, 6.07) is 11.1. The largest absolute Gasteiger partial charge is 0.435 e. The molecule has 1 saturated heterocycles. The molecule has 3 rings (SSSR count). The van der Waals surface area contributed by atoms with Gasteiger partial charge < -0.3 is 15.0 Å². The third-order valence-corrected chi connectivity index (χ3v) is 7.10. The molecule has 1 aliphatic heterocycles. The SMILES string of the molecule is Cc1ccc(C)c(S(=O)(=O)N2CCN(C(=O)NCc3cccc(OC(F)F)c3)CC2)c1. The number of rotatable bonds is 6. The van der Waals surface area contributed by atoms with Crippen LogP contribution in [0.25, 0.3) is 0 Å². The van der Waals surface area contributed by atoms with Crippen molar-refractivity contribution in [1.82, 2.24) is 14.5 Å². The number of ether oxygens (including phenoxy) is 1. The Hall–Kier alpha value is -2.72. The Kier molecular flexibility index (Phi) is 7.11. The quantitative estimate of drug-likeness (QED) is 0.729. The van der Waals surface area contributed by atoms with E-state index < -0.39 is 16.6 Å². The number of hydrogen-bond donors (Lipinski definition) is 1. The zero-order valence-electron chi connectivity index (χ0n) is 17.3. The molecule has 10 heteroatoms. The van der Waals surface area contributed by atoms with Crippen LogP contribution in [0, 0.1) is 13.8 Å². The Morgan fingerprint density at radius 1 is 1.10 bits per heavy atom. The van der Waals surface area contributed by atoms with Gasteiger partial charge in [0.1, 0.15) is 5.75 Å². The average molecular weight is 454 g/mol. The minimum atomic E-state index is -3.63. The number of carbonyl (C=O) groups is 1. The molecular weight excluding hydrogens is 428 g/mol. The van der Waals surface area contributed by atoms with E-state index in [1.165, 1.54) is 21.3 Å². The van der Waals surface area contributed by atoms with Crippen LogP contribution in [0.15, 0.2) is 47.4 Å². The summed E-state index contributed by atoms with van der Waals surface area (Å²) in [5, 5.41) is 2.73. The first-order valence-electron chi connectivity index (χ1n) is 9.81. The third kappa shape index (κ3) is 5.71. The predicted octanol–water partition coefficient (Wildman–Crippen LogP) is 3.12. The van der Waals surface area contributed by atoms with Crippen molar-refractivity contribution in [3.63, 3.8) is 0 Å². The summed E-state index contributed by atoms with van der Waals surface area (Å²) in [7, 11) is -3.63. The van der Waals surface area contributed by atoms with E-state index in [0.717, 1.165) is 5.56 Å². The van der Waals surface area contributed by atoms with E-state index in [1.807, 2.05) is 13.0 Å². The zero-order chi connectivity index (χ0) is 22.6. The molecule has 0 aromatic heterocycles. The number of amides is 2. The molecule has 2 aromatic carbocycles. The second kappa shape index (κ2) is 9.61. The highest BCUT2D eigenvalue weighted by molar-refractivity contribution is 7.89. The van der Waals surface area contributed by atoms with E-state index in [-0.39, 0.29) is 49.4 Å². The molecule has 1 aliphatic rings. The summed E-state index contributed by atoms with van der Waals surface area (Å²) in [6.07, 6.45) is 0. The minimum absolute atomic E-state index is 0.0204. The zero-order valence-corrected chi connectivity index (χ0v) is 18.2. The molecule has 0 unspecified atom stereocenters. The van der Waals surface area contributed by atoms with Gasteiger partial charge in [0.2, 0.25) is 10.0 Å². The summed E-state index contributed by atoms with van der Waals surface area (Å²) < 4.78 is 56.4. The van der Waals surface area contributed by atoms with Crippen LogP contribution in [-0.2, 0) is 16.6 Å². The van der Waals surface area contributed by atoms with E-state index in [9.17, 15) is 22.0 Å². The molecular formula is C21H25F2N3O4S. The van der Waals surface area contributed by atoms with Crippen molar-refractivity contribution in [1.29, 1.82) is 0 Å². The number of benzene rings is 2. The van der Waals surface area contributed by atoms with Crippen molar-refractivity contribution >= 4 is 16.1 Å². The van der Waals surface area contributed by atoms with Crippen LogP contribution in [0.3, 0.4) is 0 Å². The topological polar surface area (TPSA) is 79.0 Å². The van der Waals surface area contributed by atoms with Crippen LogP contribution in [0.4, 0.5) is 13.6 Å². The van der Waals surface area contributed by atoms with Crippen LogP contribution in [0.1, 0.15) is 16.7 Å². The van der Waals surface area contributed by atoms with E-state index in [2.05, 4.69) is 10.1 Å². The third-order valence-electron chi connectivity index (χ3n) is 5.05. The van der Waals surface area contributed by atoms with E-state index in [0.29, 0.717) is 11.1 Å². The minimum Gasteiger partial charge on any atom is -0.435 e. The molecule has 1 N–H and O–H groups in total. The van der Waals surface area contributed by atoms with Gasteiger partial charge in [-0.05, 0) is 48.7 Å². The fourth-order valence-corrected chi connectivity index (χ4v) is 5.11. The number of nitrogens with one attached hydrogen (secondary N) is 1. The molecule has 0 saturated carbocycles. The summed E-state index contributed by atoms with van der Waals surface area (Å²) in [5.74, 6) is 0.0204. The van der Waals surface area contributed by atoms with Crippen molar-refractivity contribution in [2.45, 2.75) is 31.9 Å².